The Labute approximate surface area is 100 Å². The van der Waals surface area contributed by atoms with E-state index in [1.54, 1.807) is 0 Å². The van der Waals surface area contributed by atoms with Crippen molar-refractivity contribution in [2.75, 3.05) is 0 Å². The average Bonchev–Trinajstić information content (AvgIpc) is 2.31. The quantitative estimate of drug-likeness (QED) is 0.580. The fraction of sp³-hybridized carbons (Fsp3) is 0.375. The number of hydrogen-bond acceptors (Lipinski definition) is 0. The second kappa shape index (κ2) is 7.05. The minimum Gasteiger partial charge on any atom is -0.0776 e. The normalized spacial score (nSPS) is 9.31. The Morgan fingerprint density at radius 1 is 0.812 bits per heavy atom. The van der Waals surface area contributed by atoms with Gasteiger partial charge in [-0.3, -0.25) is 0 Å². The molecular formula is C16H24. The van der Waals surface area contributed by atoms with Crippen molar-refractivity contribution in [3.05, 3.63) is 48.0 Å². The van der Waals surface area contributed by atoms with E-state index in [0.717, 1.165) is 0 Å². The Kier molecular flexibility index (Phi) is 6.48. The van der Waals surface area contributed by atoms with Gasteiger partial charge in [-0.05, 0) is 22.3 Å². The lowest BCUT2D eigenvalue weighted by atomic mass is 9.99. The standard InChI is InChI=1S/C13H14.C2H6.CH4/c1-10(2)12-8-7-11-5-3-4-6-13(11)9-12;1-2;/h3-10H,1-2H3;1-2H3;1H4. The second-order valence-electron chi connectivity index (χ2n) is 3.76. The maximum Gasteiger partial charge on any atom is -0.0181 e. The van der Waals surface area contributed by atoms with Crippen molar-refractivity contribution in [3.8, 4) is 0 Å². The van der Waals surface area contributed by atoms with E-state index < -0.39 is 0 Å². The Hall–Kier alpha value is -1.30. The van der Waals surface area contributed by atoms with Gasteiger partial charge in [-0.25, -0.2) is 0 Å². The van der Waals surface area contributed by atoms with Gasteiger partial charge in [0.2, 0.25) is 0 Å². The fourth-order valence-electron chi connectivity index (χ4n) is 1.57. The van der Waals surface area contributed by atoms with E-state index in [9.17, 15) is 0 Å². The summed E-state index contributed by atoms with van der Waals surface area (Å²) in [5, 5.41) is 2.67. The molecule has 0 aromatic heterocycles. The van der Waals surface area contributed by atoms with Gasteiger partial charge in [0.15, 0.2) is 0 Å². The van der Waals surface area contributed by atoms with Crippen LogP contribution in [0.1, 0.15) is 46.6 Å². The molecule has 0 saturated carbocycles. The molecule has 0 saturated heterocycles. The molecule has 0 N–H and O–H groups in total. The highest BCUT2D eigenvalue weighted by Gasteiger charge is 1.99. The minimum atomic E-state index is 0. The zero-order valence-corrected chi connectivity index (χ0v) is 10.1. The average molecular weight is 216 g/mol. The Balaban J connectivity index is 0.000000711. The van der Waals surface area contributed by atoms with Crippen molar-refractivity contribution in [2.45, 2.75) is 41.0 Å². The fourth-order valence-corrected chi connectivity index (χ4v) is 1.57. The molecule has 88 valence electrons. The zero-order valence-electron chi connectivity index (χ0n) is 10.1. The van der Waals surface area contributed by atoms with Crippen LogP contribution in [0, 0.1) is 0 Å². The molecule has 0 heteroatoms. The summed E-state index contributed by atoms with van der Waals surface area (Å²) < 4.78 is 0. The molecule has 16 heavy (non-hydrogen) atoms. The summed E-state index contributed by atoms with van der Waals surface area (Å²) in [6, 6.07) is 15.2. The molecule has 0 heterocycles. The third kappa shape index (κ3) is 3.37. The molecule has 0 nitrogen and oxygen atoms in total. The van der Waals surface area contributed by atoms with Gasteiger partial charge in [-0.2, -0.15) is 0 Å². The highest BCUT2D eigenvalue weighted by atomic mass is 14.0. The van der Waals surface area contributed by atoms with Gasteiger partial charge in [0.1, 0.15) is 0 Å². The molecule has 0 unspecified atom stereocenters. The molecule has 0 aliphatic heterocycles. The predicted molar refractivity (Wildman–Crippen MR) is 76.1 cm³/mol. The van der Waals surface area contributed by atoms with Crippen LogP contribution in [0.3, 0.4) is 0 Å². The number of fused-ring (bicyclic) bond motifs is 1. The van der Waals surface area contributed by atoms with Crippen molar-refractivity contribution in [2.24, 2.45) is 0 Å². The van der Waals surface area contributed by atoms with Gasteiger partial charge in [0.05, 0.1) is 0 Å². The monoisotopic (exact) mass is 216 g/mol. The molecule has 0 bridgehead atoms. The molecule has 0 spiro atoms. The minimum absolute atomic E-state index is 0. The van der Waals surface area contributed by atoms with Crippen LogP contribution in [0.2, 0.25) is 0 Å². The van der Waals surface area contributed by atoms with Gasteiger partial charge in [-0.15, -0.1) is 0 Å². The summed E-state index contributed by atoms with van der Waals surface area (Å²) in [6.07, 6.45) is 0. The number of benzene rings is 2. The van der Waals surface area contributed by atoms with Gasteiger partial charge >= 0.3 is 0 Å². The molecular weight excluding hydrogens is 192 g/mol. The molecule has 0 radical (unpaired) electrons. The number of hydrogen-bond donors (Lipinski definition) is 0. The molecule has 2 rings (SSSR count). The van der Waals surface area contributed by atoms with E-state index in [-0.39, 0.29) is 7.43 Å². The van der Waals surface area contributed by atoms with E-state index in [1.165, 1.54) is 16.3 Å². The van der Waals surface area contributed by atoms with Crippen LogP contribution < -0.4 is 0 Å². The smallest absolute Gasteiger partial charge is 0.0181 e. The van der Waals surface area contributed by atoms with Crippen LogP contribution >= 0.6 is 0 Å². The predicted octanol–water partition coefficient (Wildman–Crippen LogP) is 5.63. The number of rotatable bonds is 1. The molecule has 0 amide bonds. The van der Waals surface area contributed by atoms with Crippen LogP contribution in [0.5, 0.6) is 0 Å². The largest absolute Gasteiger partial charge is 0.0776 e. The first-order valence-electron chi connectivity index (χ1n) is 5.76. The van der Waals surface area contributed by atoms with Gasteiger partial charge < -0.3 is 0 Å². The summed E-state index contributed by atoms with van der Waals surface area (Å²) in [5.41, 5.74) is 1.42. The summed E-state index contributed by atoms with van der Waals surface area (Å²) >= 11 is 0. The summed E-state index contributed by atoms with van der Waals surface area (Å²) in [4.78, 5) is 0. The lowest BCUT2D eigenvalue weighted by Gasteiger charge is -2.06. The van der Waals surface area contributed by atoms with Crippen molar-refractivity contribution >= 4 is 10.8 Å². The summed E-state index contributed by atoms with van der Waals surface area (Å²) in [6.45, 7) is 8.45. The van der Waals surface area contributed by atoms with Crippen LogP contribution in [0.4, 0.5) is 0 Å². The van der Waals surface area contributed by atoms with Gasteiger partial charge in [-0.1, -0.05) is 77.6 Å². The molecule has 0 fully saturated rings. The third-order valence-electron chi connectivity index (χ3n) is 2.44. The second-order valence-corrected chi connectivity index (χ2v) is 3.76. The SMILES string of the molecule is C.CC.CC(C)c1ccc2ccccc2c1. The molecule has 0 aliphatic carbocycles. The van der Waals surface area contributed by atoms with E-state index in [2.05, 4.69) is 56.3 Å². The lowest BCUT2D eigenvalue weighted by molar-refractivity contribution is 0.869. The van der Waals surface area contributed by atoms with E-state index in [0.29, 0.717) is 5.92 Å². The Bertz CT molecular complexity index is 413. The molecule has 0 atom stereocenters. The van der Waals surface area contributed by atoms with Crippen molar-refractivity contribution in [3.63, 3.8) is 0 Å². The maximum atomic E-state index is 2.28. The van der Waals surface area contributed by atoms with Crippen LogP contribution in [-0.2, 0) is 0 Å². The lowest BCUT2D eigenvalue weighted by Crippen LogP contribution is -1.85. The Morgan fingerprint density at radius 2 is 1.38 bits per heavy atom. The topological polar surface area (TPSA) is 0 Å². The first-order valence-corrected chi connectivity index (χ1v) is 5.76. The van der Waals surface area contributed by atoms with Crippen molar-refractivity contribution in [1.82, 2.24) is 0 Å². The maximum absolute atomic E-state index is 2.28. The summed E-state index contributed by atoms with van der Waals surface area (Å²) in [5.74, 6) is 0.615. The Morgan fingerprint density at radius 3 is 1.94 bits per heavy atom. The van der Waals surface area contributed by atoms with Crippen LogP contribution in [0.25, 0.3) is 10.8 Å². The van der Waals surface area contributed by atoms with Gasteiger partial charge in [0, 0.05) is 0 Å². The van der Waals surface area contributed by atoms with Crippen LogP contribution in [0.15, 0.2) is 42.5 Å². The third-order valence-corrected chi connectivity index (χ3v) is 2.44. The van der Waals surface area contributed by atoms with E-state index in [1.807, 2.05) is 13.8 Å². The zero-order chi connectivity index (χ0) is 11.3. The van der Waals surface area contributed by atoms with Crippen molar-refractivity contribution in [1.29, 1.82) is 0 Å². The highest BCUT2D eigenvalue weighted by molar-refractivity contribution is 5.83. The molecule has 0 aliphatic rings. The first kappa shape index (κ1) is 14.7. The van der Waals surface area contributed by atoms with Gasteiger partial charge in [0.25, 0.3) is 0 Å². The molecule has 2 aromatic carbocycles. The summed E-state index contributed by atoms with van der Waals surface area (Å²) in [7, 11) is 0. The first-order chi connectivity index (χ1) is 7.27. The molecule has 2 aromatic rings. The highest BCUT2D eigenvalue weighted by Crippen LogP contribution is 2.20. The van der Waals surface area contributed by atoms with Crippen LogP contribution in [-0.4, -0.2) is 0 Å². The van der Waals surface area contributed by atoms with E-state index >= 15 is 0 Å². The van der Waals surface area contributed by atoms with E-state index in [4.69, 9.17) is 0 Å². The van der Waals surface area contributed by atoms with Crippen molar-refractivity contribution < 1.29 is 0 Å².